The number of amides is 1. The fraction of sp³-hybridized carbons (Fsp3) is 0.429. The van der Waals surface area contributed by atoms with Gasteiger partial charge in [0.1, 0.15) is 11.9 Å². The van der Waals surface area contributed by atoms with E-state index in [-0.39, 0.29) is 6.42 Å². The molecule has 1 heterocycles. The van der Waals surface area contributed by atoms with Crippen LogP contribution in [0.15, 0.2) is 24.3 Å². The highest BCUT2D eigenvalue weighted by atomic mass is 19.1. The third-order valence-corrected chi connectivity index (χ3v) is 3.38. The molecule has 1 fully saturated rings. The molecule has 2 rings (SSSR count). The van der Waals surface area contributed by atoms with E-state index in [1.165, 1.54) is 24.3 Å². The van der Waals surface area contributed by atoms with Crippen molar-refractivity contribution < 1.29 is 19.1 Å². The van der Waals surface area contributed by atoms with Crippen LogP contribution < -0.4 is 10.6 Å². The number of anilines is 1. The number of carboxylic acid groups (broad SMARTS) is 1. The second-order valence-electron chi connectivity index (χ2n) is 4.90. The first kappa shape index (κ1) is 15.4. The van der Waals surface area contributed by atoms with Gasteiger partial charge in [-0.2, -0.15) is 0 Å². The smallest absolute Gasteiger partial charge is 0.321 e. The molecule has 1 unspecified atom stereocenters. The number of hydrogen-bond acceptors (Lipinski definition) is 4. The molecule has 0 aliphatic carbocycles. The van der Waals surface area contributed by atoms with Crippen LogP contribution in [0.3, 0.4) is 0 Å². The van der Waals surface area contributed by atoms with Gasteiger partial charge in [-0.15, -0.1) is 0 Å². The predicted octanol–water partition coefficient (Wildman–Crippen LogP) is 0.513. The molecule has 1 aliphatic rings. The number of hydrogen-bond donors (Lipinski definition) is 3. The Hall–Kier alpha value is -1.99. The highest BCUT2D eigenvalue weighted by molar-refractivity contribution is 5.94. The minimum atomic E-state index is -1.01. The number of nitrogens with zero attached hydrogens (tertiary/aromatic N) is 1. The second kappa shape index (κ2) is 7.14. The first-order chi connectivity index (χ1) is 10.1. The SMILES string of the molecule is O=C(CC(C(=O)O)N1CCNCC1)Nc1ccc(F)cc1. The van der Waals surface area contributed by atoms with E-state index in [0.717, 1.165) is 0 Å². The maximum atomic E-state index is 12.8. The molecule has 114 valence electrons. The molecule has 1 aliphatic heterocycles. The minimum absolute atomic E-state index is 0.132. The van der Waals surface area contributed by atoms with Gasteiger partial charge in [0.25, 0.3) is 0 Å². The van der Waals surface area contributed by atoms with E-state index < -0.39 is 23.7 Å². The van der Waals surface area contributed by atoms with Crippen LogP contribution in [0.25, 0.3) is 0 Å². The van der Waals surface area contributed by atoms with Crippen molar-refractivity contribution >= 4 is 17.6 Å². The average molecular weight is 295 g/mol. The zero-order valence-electron chi connectivity index (χ0n) is 11.5. The normalized spacial score (nSPS) is 17.2. The molecule has 7 heteroatoms. The van der Waals surface area contributed by atoms with E-state index in [4.69, 9.17) is 0 Å². The lowest BCUT2D eigenvalue weighted by Crippen LogP contribution is -2.52. The van der Waals surface area contributed by atoms with E-state index in [1.807, 2.05) is 0 Å². The first-order valence-electron chi connectivity index (χ1n) is 6.79. The average Bonchev–Trinajstić information content (AvgIpc) is 2.48. The quantitative estimate of drug-likeness (QED) is 0.737. The molecule has 0 radical (unpaired) electrons. The number of carbonyl (C=O) groups is 2. The molecule has 0 spiro atoms. The molecular formula is C14H18FN3O3. The number of halogens is 1. The third-order valence-electron chi connectivity index (χ3n) is 3.38. The Morgan fingerprint density at radius 2 is 1.90 bits per heavy atom. The van der Waals surface area contributed by atoms with Gasteiger partial charge in [-0.25, -0.2) is 4.39 Å². The van der Waals surface area contributed by atoms with E-state index in [2.05, 4.69) is 10.6 Å². The predicted molar refractivity (Wildman–Crippen MR) is 75.5 cm³/mol. The Morgan fingerprint density at radius 3 is 2.48 bits per heavy atom. The van der Waals surface area contributed by atoms with Crippen molar-refractivity contribution in [2.24, 2.45) is 0 Å². The topological polar surface area (TPSA) is 81.7 Å². The summed E-state index contributed by atoms with van der Waals surface area (Å²) in [6.45, 7) is 2.62. The summed E-state index contributed by atoms with van der Waals surface area (Å²) in [5.41, 5.74) is 0.450. The molecule has 1 atom stereocenters. The number of aliphatic carboxylic acids is 1. The molecule has 3 N–H and O–H groups in total. The van der Waals surface area contributed by atoms with Crippen LogP contribution in [0.2, 0.25) is 0 Å². The van der Waals surface area contributed by atoms with Crippen LogP contribution >= 0.6 is 0 Å². The number of rotatable bonds is 5. The van der Waals surface area contributed by atoms with Gasteiger partial charge in [-0.3, -0.25) is 14.5 Å². The zero-order valence-corrected chi connectivity index (χ0v) is 11.5. The van der Waals surface area contributed by atoms with E-state index in [0.29, 0.717) is 31.9 Å². The molecule has 0 saturated carbocycles. The Balaban J connectivity index is 1.94. The third kappa shape index (κ3) is 4.51. The van der Waals surface area contributed by atoms with Crippen LogP contribution in [-0.2, 0) is 9.59 Å². The van der Waals surface area contributed by atoms with Crippen LogP contribution in [0.1, 0.15) is 6.42 Å². The molecule has 1 aromatic carbocycles. The van der Waals surface area contributed by atoms with Crippen LogP contribution in [0.5, 0.6) is 0 Å². The monoisotopic (exact) mass is 295 g/mol. The summed E-state index contributed by atoms with van der Waals surface area (Å²) in [7, 11) is 0. The number of benzene rings is 1. The first-order valence-corrected chi connectivity index (χ1v) is 6.79. The van der Waals surface area contributed by atoms with Crippen LogP contribution in [0, 0.1) is 5.82 Å². The lowest BCUT2D eigenvalue weighted by molar-refractivity contribution is -0.145. The fourth-order valence-corrected chi connectivity index (χ4v) is 2.29. The Bertz CT molecular complexity index is 501. The van der Waals surface area contributed by atoms with Crippen molar-refractivity contribution in [3.63, 3.8) is 0 Å². The Labute approximate surface area is 121 Å². The van der Waals surface area contributed by atoms with Crippen molar-refractivity contribution in [1.82, 2.24) is 10.2 Å². The van der Waals surface area contributed by atoms with Crippen molar-refractivity contribution in [3.05, 3.63) is 30.1 Å². The number of carboxylic acids is 1. The summed E-state index contributed by atoms with van der Waals surface area (Å²) in [6, 6.07) is 4.51. The van der Waals surface area contributed by atoms with Crippen LogP contribution in [-0.4, -0.2) is 54.1 Å². The minimum Gasteiger partial charge on any atom is -0.480 e. The summed E-state index contributed by atoms with van der Waals surface area (Å²) in [4.78, 5) is 25.1. The summed E-state index contributed by atoms with van der Waals surface area (Å²) in [6.07, 6.45) is -0.132. The maximum Gasteiger partial charge on any atom is 0.321 e. The van der Waals surface area contributed by atoms with Crippen molar-refractivity contribution in [1.29, 1.82) is 0 Å². The number of piperazine rings is 1. The van der Waals surface area contributed by atoms with Crippen molar-refractivity contribution in [2.75, 3.05) is 31.5 Å². The fourth-order valence-electron chi connectivity index (χ4n) is 2.29. The van der Waals surface area contributed by atoms with Gasteiger partial charge in [0.05, 0.1) is 6.42 Å². The van der Waals surface area contributed by atoms with Gasteiger partial charge in [-0.05, 0) is 24.3 Å². The van der Waals surface area contributed by atoms with Crippen LogP contribution in [0.4, 0.5) is 10.1 Å². The van der Waals surface area contributed by atoms with Gasteiger partial charge in [0, 0.05) is 31.9 Å². The van der Waals surface area contributed by atoms with E-state index in [9.17, 15) is 19.1 Å². The lowest BCUT2D eigenvalue weighted by atomic mass is 10.1. The largest absolute Gasteiger partial charge is 0.480 e. The number of carbonyl (C=O) groups excluding carboxylic acids is 1. The second-order valence-corrected chi connectivity index (χ2v) is 4.90. The molecule has 1 aromatic rings. The van der Waals surface area contributed by atoms with Gasteiger partial charge >= 0.3 is 5.97 Å². The summed E-state index contributed by atoms with van der Waals surface area (Å²) < 4.78 is 12.8. The van der Waals surface area contributed by atoms with Gasteiger partial charge in [0.15, 0.2) is 0 Å². The van der Waals surface area contributed by atoms with Crippen molar-refractivity contribution in [2.45, 2.75) is 12.5 Å². The lowest BCUT2D eigenvalue weighted by Gasteiger charge is -2.32. The molecule has 21 heavy (non-hydrogen) atoms. The summed E-state index contributed by atoms with van der Waals surface area (Å²) in [5, 5.41) is 15.0. The molecule has 0 bridgehead atoms. The molecule has 1 amide bonds. The zero-order chi connectivity index (χ0) is 15.2. The summed E-state index contributed by atoms with van der Waals surface area (Å²) >= 11 is 0. The highest BCUT2D eigenvalue weighted by Gasteiger charge is 2.28. The molecule has 0 aromatic heterocycles. The van der Waals surface area contributed by atoms with Crippen molar-refractivity contribution in [3.8, 4) is 0 Å². The van der Waals surface area contributed by atoms with Gasteiger partial charge in [-0.1, -0.05) is 0 Å². The molecular weight excluding hydrogens is 277 g/mol. The van der Waals surface area contributed by atoms with E-state index in [1.54, 1.807) is 4.90 Å². The van der Waals surface area contributed by atoms with Gasteiger partial charge in [0.2, 0.25) is 5.91 Å². The summed E-state index contributed by atoms with van der Waals surface area (Å²) in [5.74, 6) is -1.80. The molecule has 6 nitrogen and oxygen atoms in total. The molecule has 1 saturated heterocycles. The Morgan fingerprint density at radius 1 is 1.29 bits per heavy atom. The van der Waals surface area contributed by atoms with E-state index >= 15 is 0 Å². The maximum absolute atomic E-state index is 12.8. The standard InChI is InChI=1S/C14H18FN3O3/c15-10-1-3-11(4-2-10)17-13(19)9-12(14(20)21)18-7-5-16-6-8-18/h1-4,12,16H,5-9H2,(H,17,19)(H,20,21). The highest BCUT2D eigenvalue weighted by Crippen LogP contribution is 2.11. The number of nitrogens with one attached hydrogen (secondary N) is 2. The van der Waals surface area contributed by atoms with Gasteiger partial charge < -0.3 is 15.7 Å². The Kier molecular flexibility index (Phi) is 5.24.